The molecule has 90 valence electrons. The molecule has 1 N–H and O–H groups in total. The van der Waals surface area contributed by atoms with E-state index >= 15 is 0 Å². The zero-order valence-electron chi connectivity index (χ0n) is 10.2. The van der Waals surface area contributed by atoms with E-state index in [2.05, 4.69) is 76.4 Å². The molecule has 1 nitrogen and oxygen atoms in total. The monoisotopic (exact) mass is 299 g/mol. The summed E-state index contributed by atoms with van der Waals surface area (Å²) in [5.74, 6) is 0. The van der Waals surface area contributed by atoms with E-state index in [1.165, 1.54) is 32.2 Å². The molecule has 1 heterocycles. The van der Waals surface area contributed by atoms with Crippen molar-refractivity contribution in [1.29, 1.82) is 0 Å². The number of nitrogens with one attached hydrogen (secondary N) is 1. The number of aryl methyl sites for hydroxylation is 1. The van der Waals surface area contributed by atoms with Gasteiger partial charge in [0.25, 0.3) is 0 Å². The van der Waals surface area contributed by atoms with Gasteiger partial charge in [-0.1, -0.05) is 52.3 Å². The third-order valence-corrected chi connectivity index (χ3v) is 4.13. The molecule has 0 saturated heterocycles. The van der Waals surface area contributed by atoms with Gasteiger partial charge in [-0.3, -0.25) is 0 Å². The first-order chi connectivity index (χ1) is 8.75. The SMILES string of the molecule is Cc1[nH]c2ccccc2c1Cc1ccccc1Br. The predicted molar refractivity (Wildman–Crippen MR) is 80.0 cm³/mol. The summed E-state index contributed by atoms with van der Waals surface area (Å²) in [7, 11) is 0. The second kappa shape index (κ2) is 4.62. The summed E-state index contributed by atoms with van der Waals surface area (Å²) < 4.78 is 1.18. The van der Waals surface area contributed by atoms with Crippen LogP contribution in [0.3, 0.4) is 0 Å². The summed E-state index contributed by atoms with van der Waals surface area (Å²) in [5, 5.41) is 1.32. The Hall–Kier alpha value is -1.54. The minimum atomic E-state index is 0.956. The first-order valence-corrected chi connectivity index (χ1v) is 6.84. The minimum Gasteiger partial charge on any atom is -0.358 e. The zero-order valence-corrected chi connectivity index (χ0v) is 11.8. The topological polar surface area (TPSA) is 15.8 Å². The van der Waals surface area contributed by atoms with Gasteiger partial charge < -0.3 is 4.98 Å². The molecule has 0 aliphatic carbocycles. The fourth-order valence-electron chi connectivity index (χ4n) is 2.39. The molecular formula is C16H14BrN. The van der Waals surface area contributed by atoms with E-state index < -0.39 is 0 Å². The lowest BCUT2D eigenvalue weighted by atomic mass is 10.0. The molecule has 0 amide bonds. The maximum Gasteiger partial charge on any atom is 0.0458 e. The molecule has 1 aromatic heterocycles. The Morgan fingerprint density at radius 3 is 2.56 bits per heavy atom. The van der Waals surface area contributed by atoms with Crippen LogP contribution in [0.25, 0.3) is 10.9 Å². The number of aromatic nitrogens is 1. The molecule has 0 saturated carbocycles. The van der Waals surface area contributed by atoms with Gasteiger partial charge in [0.1, 0.15) is 0 Å². The molecule has 3 rings (SSSR count). The van der Waals surface area contributed by atoms with Crippen LogP contribution in [0.15, 0.2) is 53.0 Å². The number of para-hydroxylation sites is 1. The van der Waals surface area contributed by atoms with E-state index in [-0.39, 0.29) is 0 Å². The van der Waals surface area contributed by atoms with Gasteiger partial charge in [0.05, 0.1) is 0 Å². The van der Waals surface area contributed by atoms with Crippen LogP contribution in [0.2, 0.25) is 0 Å². The van der Waals surface area contributed by atoms with E-state index in [0.717, 1.165) is 6.42 Å². The van der Waals surface area contributed by atoms with Gasteiger partial charge in [0.2, 0.25) is 0 Å². The van der Waals surface area contributed by atoms with Crippen LogP contribution in [0.1, 0.15) is 16.8 Å². The fourth-order valence-corrected chi connectivity index (χ4v) is 2.82. The predicted octanol–water partition coefficient (Wildman–Crippen LogP) is 4.83. The molecule has 0 radical (unpaired) electrons. The quantitative estimate of drug-likeness (QED) is 0.697. The number of fused-ring (bicyclic) bond motifs is 1. The first kappa shape index (κ1) is 11.5. The molecule has 0 unspecified atom stereocenters. The molecule has 0 atom stereocenters. The Labute approximate surface area is 115 Å². The van der Waals surface area contributed by atoms with Gasteiger partial charge in [-0.15, -0.1) is 0 Å². The van der Waals surface area contributed by atoms with Crippen LogP contribution in [0, 0.1) is 6.92 Å². The van der Waals surface area contributed by atoms with Gasteiger partial charge in [0.15, 0.2) is 0 Å². The Balaban J connectivity index is 2.10. The van der Waals surface area contributed by atoms with E-state index in [1.54, 1.807) is 0 Å². The largest absolute Gasteiger partial charge is 0.358 e. The molecule has 2 aromatic carbocycles. The molecule has 0 spiro atoms. The summed E-state index contributed by atoms with van der Waals surface area (Å²) >= 11 is 3.62. The smallest absolute Gasteiger partial charge is 0.0458 e. The molecule has 0 bridgehead atoms. The average Bonchev–Trinajstić information content (AvgIpc) is 2.69. The van der Waals surface area contributed by atoms with Crippen LogP contribution >= 0.6 is 15.9 Å². The summed E-state index contributed by atoms with van der Waals surface area (Å²) in [6.45, 7) is 2.15. The highest BCUT2D eigenvalue weighted by Gasteiger charge is 2.09. The van der Waals surface area contributed by atoms with Crippen molar-refractivity contribution in [3.8, 4) is 0 Å². The number of aromatic amines is 1. The van der Waals surface area contributed by atoms with Crippen molar-refractivity contribution >= 4 is 26.8 Å². The summed E-state index contributed by atoms with van der Waals surface area (Å²) in [5.41, 5.74) is 5.19. The molecule has 0 aliphatic heterocycles. The average molecular weight is 300 g/mol. The Kier molecular flexibility index (Phi) is 2.96. The third kappa shape index (κ3) is 1.97. The Morgan fingerprint density at radius 1 is 1.00 bits per heavy atom. The third-order valence-electron chi connectivity index (χ3n) is 3.35. The van der Waals surface area contributed by atoms with Gasteiger partial charge in [-0.2, -0.15) is 0 Å². The first-order valence-electron chi connectivity index (χ1n) is 6.05. The van der Waals surface area contributed by atoms with Crippen molar-refractivity contribution in [2.24, 2.45) is 0 Å². The number of rotatable bonds is 2. The molecular weight excluding hydrogens is 286 g/mol. The fraction of sp³-hybridized carbons (Fsp3) is 0.125. The van der Waals surface area contributed by atoms with E-state index in [1.807, 2.05) is 0 Å². The molecule has 18 heavy (non-hydrogen) atoms. The highest BCUT2D eigenvalue weighted by atomic mass is 79.9. The van der Waals surface area contributed by atoms with Crippen molar-refractivity contribution in [3.05, 3.63) is 69.8 Å². The Bertz CT molecular complexity index is 697. The standard InChI is InChI=1S/C16H14BrN/c1-11-14(10-12-6-2-4-8-15(12)17)13-7-3-5-9-16(13)18-11/h2-9,18H,10H2,1H3. The minimum absolute atomic E-state index is 0.956. The zero-order chi connectivity index (χ0) is 12.5. The van der Waals surface area contributed by atoms with Crippen molar-refractivity contribution in [1.82, 2.24) is 4.98 Å². The molecule has 3 aromatic rings. The lowest BCUT2D eigenvalue weighted by Crippen LogP contribution is -1.90. The van der Waals surface area contributed by atoms with E-state index in [9.17, 15) is 0 Å². The van der Waals surface area contributed by atoms with Gasteiger partial charge >= 0.3 is 0 Å². The number of hydrogen-bond acceptors (Lipinski definition) is 0. The van der Waals surface area contributed by atoms with Crippen LogP contribution < -0.4 is 0 Å². The van der Waals surface area contributed by atoms with Gasteiger partial charge in [-0.25, -0.2) is 0 Å². The van der Waals surface area contributed by atoms with E-state index in [4.69, 9.17) is 0 Å². The molecule has 0 fully saturated rings. The number of halogens is 1. The number of benzene rings is 2. The van der Waals surface area contributed by atoms with Crippen LogP contribution in [-0.4, -0.2) is 4.98 Å². The van der Waals surface area contributed by atoms with Crippen LogP contribution in [0.4, 0.5) is 0 Å². The lowest BCUT2D eigenvalue weighted by molar-refractivity contribution is 1.14. The van der Waals surface area contributed by atoms with Crippen molar-refractivity contribution in [3.63, 3.8) is 0 Å². The lowest BCUT2D eigenvalue weighted by Gasteiger charge is -2.04. The highest BCUT2D eigenvalue weighted by Crippen LogP contribution is 2.27. The van der Waals surface area contributed by atoms with Crippen LogP contribution in [0.5, 0.6) is 0 Å². The van der Waals surface area contributed by atoms with E-state index in [0.29, 0.717) is 0 Å². The van der Waals surface area contributed by atoms with Crippen molar-refractivity contribution in [2.45, 2.75) is 13.3 Å². The van der Waals surface area contributed by atoms with Crippen molar-refractivity contribution < 1.29 is 0 Å². The molecule has 0 aliphatic rings. The number of hydrogen-bond donors (Lipinski definition) is 1. The van der Waals surface area contributed by atoms with Gasteiger partial charge in [-0.05, 0) is 30.2 Å². The summed E-state index contributed by atoms with van der Waals surface area (Å²) in [6.07, 6.45) is 0.956. The Morgan fingerprint density at radius 2 is 1.72 bits per heavy atom. The summed E-state index contributed by atoms with van der Waals surface area (Å²) in [6, 6.07) is 16.9. The normalized spacial score (nSPS) is 11.0. The number of H-pyrrole nitrogens is 1. The molecule has 2 heteroatoms. The highest BCUT2D eigenvalue weighted by molar-refractivity contribution is 9.10. The summed E-state index contributed by atoms with van der Waals surface area (Å²) in [4.78, 5) is 3.45. The van der Waals surface area contributed by atoms with Crippen molar-refractivity contribution in [2.75, 3.05) is 0 Å². The van der Waals surface area contributed by atoms with Crippen LogP contribution in [-0.2, 0) is 6.42 Å². The second-order valence-electron chi connectivity index (χ2n) is 4.54. The maximum atomic E-state index is 3.62. The van der Waals surface area contributed by atoms with Gasteiger partial charge in [0, 0.05) is 27.5 Å². The maximum absolute atomic E-state index is 3.62. The second-order valence-corrected chi connectivity index (χ2v) is 5.40.